The molecule has 3 atom stereocenters. The summed E-state index contributed by atoms with van der Waals surface area (Å²) in [5.41, 5.74) is -0.478. The number of hydrogen-bond donors (Lipinski definition) is 0. The maximum Gasteiger partial charge on any atom is 0.410 e. The van der Waals surface area contributed by atoms with Crippen LogP contribution in [0.1, 0.15) is 67.2 Å². The van der Waals surface area contributed by atoms with Gasteiger partial charge in [-0.3, -0.25) is 0 Å². The van der Waals surface area contributed by atoms with E-state index < -0.39 is 16.6 Å². The molecule has 0 spiro atoms. The first-order valence-electron chi connectivity index (χ1n) is 8.69. The first-order valence-corrected chi connectivity index (χ1v) is 9.79. The van der Waals surface area contributed by atoms with Crippen LogP contribution in [0.5, 0.6) is 0 Å². The van der Waals surface area contributed by atoms with Crippen molar-refractivity contribution in [3.8, 4) is 0 Å². The van der Waals surface area contributed by atoms with Crippen molar-refractivity contribution in [3.05, 3.63) is 0 Å². The largest absolute Gasteiger partial charge is 0.444 e. The molecule has 2 aliphatic heterocycles. The normalized spacial score (nSPS) is 28.2. The Hall–Kier alpha value is -0.620. The molecule has 2 heterocycles. The van der Waals surface area contributed by atoms with Gasteiger partial charge in [-0.05, 0) is 67.2 Å². The summed E-state index contributed by atoms with van der Waals surface area (Å²) in [7, 11) is -1.03. The Morgan fingerprint density at radius 1 is 1.00 bits per heavy atom. The van der Waals surface area contributed by atoms with E-state index in [0.29, 0.717) is 0 Å². The molecule has 2 fully saturated rings. The second-order valence-electron chi connectivity index (χ2n) is 8.60. The zero-order valence-electron chi connectivity index (χ0n) is 15.4. The fourth-order valence-electron chi connectivity index (χ4n) is 3.45. The molecule has 5 nitrogen and oxygen atoms in total. The van der Waals surface area contributed by atoms with E-state index in [-0.39, 0.29) is 22.9 Å². The van der Waals surface area contributed by atoms with Gasteiger partial charge in [0.1, 0.15) is 16.6 Å². The molecule has 0 aromatic heterocycles. The summed E-state index contributed by atoms with van der Waals surface area (Å²) in [6.45, 7) is 13.3. The summed E-state index contributed by atoms with van der Waals surface area (Å²) in [6, 6.07) is 0.309. The van der Waals surface area contributed by atoms with Crippen molar-refractivity contribution in [3.63, 3.8) is 0 Å². The molecule has 2 saturated heterocycles. The van der Waals surface area contributed by atoms with E-state index in [0.717, 1.165) is 38.8 Å². The summed E-state index contributed by atoms with van der Waals surface area (Å²) in [5.74, 6) is 0. The van der Waals surface area contributed by atoms with Gasteiger partial charge >= 0.3 is 6.09 Å². The van der Waals surface area contributed by atoms with Gasteiger partial charge in [-0.2, -0.15) is 0 Å². The van der Waals surface area contributed by atoms with Crippen LogP contribution in [0.4, 0.5) is 4.79 Å². The van der Waals surface area contributed by atoms with Crippen LogP contribution >= 0.6 is 0 Å². The fraction of sp³-hybridized carbons (Fsp3) is 0.941. The lowest BCUT2D eigenvalue weighted by molar-refractivity contribution is 0.0181. The summed E-state index contributed by atoms with van der Waals surface area (Å²) in [5, 5.41) is 0. The van der Waals surface area contributed by atoms with Gasteiger partial charge in [-0.15, -0.1) is 0 Å². The van der Waals surface area contributed by atoms with E-state index >= 15 is 0 Å². The average Bonchev–Trinajstić information content (AvgIpc) is 3.02. The van der Waals surface area contributed by atoms with Crippen LogP contribution in [0.3, 0.4) is 0 Å². The quantitative estimate of drug-likeness (QED) is 0.772. The van der Waals surface area contributed by atoms with E-state index in [1.54, 1.807) is 0 Å². The molecule has 0 bridgehead atoms. The zero-order valence-corrected chi connectivity index (χ0v) is 16.2. The zero-order chi connectivity index (χ0) is 17.4. The second kappa shape index (κ2) is 6.71. The predicted molar refractivity (Wildman–Crippen MR) is 93.6 cm³/mol. The van der Waals surface area contributed by atoms with E-state index in [2.05, 4.69) is 4.31 Å². The molecule has 134 valence electrons. The average molecular weight is 345 g/mol. The third-order valence-electron chi connectivity index (χ3n) is 4.36. The van der Waals surface area contributed by atoms with Gasteiger partial charge in [0.05, 0.1) is 10.8 Å². The number of carbonyl (C=O) groups excluding carboxylic acids is 1. The lowest BCUT2D eigenvalue weighted by Gasteiger charge is -2.37. The number of rotatable bonds is 2. The van der Waals surface area contributed by atoms with Crippen molar-refractivity contribution in [2.24, 2.45) is 0 Å². The Morgan fingerprint density at radius 3 is 2.13 bits per heavy atom. The lowest BCUT2D eigenvalue weighted by atomic mass is 10.0. The summed E-state index contributed by atoms with van der Waals surface area (Å²) < 4.78 is 20.3. The minimum Gasteiger partial charge on any atom is -0.444 e. The third kappa shape index (κ3) is 4.47. The minimum absolute atomic E-state index is 0.124. The number of likely N-dealkylation sites (tertiary alicyclic amines) is 1. The van der Waals surface area contributed by atoms with Crippen LogP contribution in [0.2, 0.25) is 0 Å². The molecule has 0 aromatic rings. The predicted octanol–water partition coefficient (Wildman–Crippen LogP) is 3.31. The van der Waals surface area contributed by atoms with Gasteiger partial charge in [0, 0.05) is 19.1 Å². The number of hydrogen-bond acceptors (Lipinski definition) is 3. The summed E-state index contributed by atoms with van der Waals surface area (Å²) >= 11 is 0. The molecular formula is C17H32N2O3S. The van der Waals surface area contributed by atoms with E-state index in [9.17, 15) is 9.00 Å². The van der Waals surface area contributed by atoms with E-state index in [1.807, 2.05) is 46.4 Å². The highest BCUT2D eigenvalue weighted by Crippen LogP contribution is 2.34. The van der Waals surface area contributed by atoms with Crippen molar-refractivity contribution < 1.29 is 13.7 Å². The van der Waals surface area contributed by atoms with Crippen LogP contribution in [0, 0.1) is 0 Å². The molecule has 23 heavy (non-hydrogen) atoms. The highest BCUT2D eigenvalue weighted by atomic mass is 32.2. The molecule has 0 radical (unpaired) electrons. The molecule has 2 rings (SSSR count). The topological polar surface area (TPSA) is 49.9 Å². The smallest absolute Gasteiger partial charge is 0.410 e. The molecular weight excluding hydrogens is 312 g/mol. The van der Waals surface area contributed by atoms with Crippen molar-refractivity contribution in [1.29, 1.82) is 0 Å². The molecule has 1 unspecified atom stereocenters. The van der Waals surface area contributed by atoms with Crippen molar-refractivity contribution >= 4 is 17.1 Å². The third-order valence-corrected chi connectivity index (χ3v) is 6.28. The fourth-order valence-corrected chi connectivity index (χ4v) is 4.94. The second-order valence-corrected chi connectivity index (χ2v) is 10.8. The highest BCUT2D eigenvalue weighted by Gasteiger charge is 2.44. The number of amides is 1. The van der Waals surface area contributed by atoms with Gasteiger partial charge in [0.2, 0.25) is 0 Å². The van der Waals surface area contributed by atoms with Crippen LogP contribution in [-0.4, -0.2) is 55.0 Å². The molecule has 0 saturated carbocycles. The van der Waals surface area contributed by atoms with Crippen LogP contribution < -0.4 is 0 Å². The number of carbonyl (C=O) groups is 1. The maximum atomic E-state index is 12.8. The van der Waals surface area contributed by atoms with E-state index in [1.165, 1.54) is 0 Å². The van der Waals surface area contributed by atoms with Crippen molar-refractivity contribution in [2.45, 2.75) is 89.7 Å². The SMILES string of the molecule is CC(C)(C)OC(=O)N1CCC[C@H]1[C@@H]1CCCN1S(=O)C(C)(C)C. The minimum atomic E-state index is -1.03. The van der Waals surface area contributed by atoms with Gasteiger partial charge in [-0.25, -0.2) is 13.3 Å². The Labute approximate surface area is 143 Å². The summed E-state index contributed by atoms with van der Waals surface area (Å²) in [6.07, 6.45) is 3.79. The Balaban J connectivity index is 2.12. The van der Waals surface area contributed by atoms with Gasteiger partial charge < -0.3 is 9.64 Å². The first-order chi connectivity index (χ1) is 10.5. The maximum absolute atomic E-state index is 12.8. The molecule has 0 N–H and O–H groups in total. The standard InChI is InChI=1S/C17H32N2O3S/c1-16(2,3)22-15(20)18-11-7-9-13(18)14-10-8-12-19(14)23(21)17(4,5)6/h13-14H,7-12H2,1-6H3/t13-,14-,23?/m0/s1. The molecule has 1 amide bonds. The molecule has 0 aliphatic carbocycles. The molecule has 2 aliphatic rings. The van der Waals surface area contributed by atoms with Crippen LogP contribution in [0.25, 0.3) is 0 Å². The van der Waals surface area contributed by atoms with Crippen LogP contribution in [-0.2, 0) is 15.7 Å². The van der Waals surface area contributed by atoms with Crippen LogP contribution in [0.15, 0.2) is 0 Å². The lowest BCUT2D eigenvalue weighted by Crippen LogP contribution is -2.51. The Bertz CT molecular complexity index is 467. The molecule has 0 aromatic carbocycles. The van der Waals surface area contributed by atoms with Gasteiger partial charge in [0.15, 0.2) is 0 Å². The number of nitrogens with zero attached hydrogens (tertiary/aromatic N) is 2. The monoisotopic (exact) mass is 344 g/mol. The van der Waals surface area contributed by atoms with Crippen molar-refractivity contribution in [2.75, 3.05) is 13.1 Å². The van der Waals surface area contributed by atoms with Gasteiger partial charge in [-0.1, -0.05) is 0 Å². The van der Waals surface area contributed by atoms with Gasteiger partial charge in [0.25, 0.3) is 0 Å². The van der Waals surface area contributed by atoms with E-state index in [4.69, 9.17) is 4.74 Å². The first kappa shape index (κ1) is 18.7. The summed E-state index contributed by atoms with van der Waals surface area (Å²) in [4.78, 5) is 14.4. The van der Waals surface area contributed by atoms with Crippen molar-refractivity contribution in [1.82, 2.24) is 9.21 Å². The highest BCUT2D eigenvalue weighted by molar-refractivity contribution is 7.84. The Morgan fingerprint density at radius 2 is 1.57 bits per heavy atom. The Kier molecular flexibility index (Phi) is 5.46. The molecule has 6 heteroatoms. The number of ether oxygens (including phenoxy) is 1.